The summed E-state index contributed by atoms with van der Waals surface area (Å²) in [6.07, 6.45) is 3.87. The summed E-state index contributed by atoms with van der Waals surface area (Å²) in [6.45, 7) is 3.20. The number of carboxylic acids is 1. The van der Waals surface area contributed by atoms with Gasteiger partial charge in [-0.2, -0.15) is 5.10 Å². The van der Waals surface area contributed by atoms with Crippen molar-refractivity contribution in [2.24, 2.45) is 0 Å². The van der Waals surface area contributed by atoms with E-state index in [2.05, 4.69) is 27.2 Å². The fraction of sp³-hybridized carbons (Fsp3) is 0.333. The molecule has 0 bridgehead atoms. The molecule has 0 aliphatic carbocycles. The van der Waals surface area contributed by atoms with Crippen LogP contribution in [0, 0.1) is 6.92 Å². The van der Waals surface area contributed by atoms with E-state index in [9.17, 15) is 14.7 Å². The van der Waals surface area contributed by atoms with Gasteiger partial charge in [-0.3, -0.25) is 9.48 Å². The number of aromatic carboxylic acids is 1. The van der Waals surface area contributed by atoms with Gasteiger partial charge in [-0.25, -0.2) is 9.78 Å². The molecule has 0 fully saturated rings. The van der Waals surface area contributed by atoms with Crippen LogP contribution >= 0.6 is 0 Å². The molecule has 4 rings (SSSR count). The molecule has 0 saturated heterocycles. The first kappa shape index (κ1) is 18.9. The lowest BCUT2D eigenvalue weighted by molar-refractivity contribution is 0.0673. The lowest BCUT2D eigenvalue weighted by Crippen LogP contribution is -2.37. The van der Waals surface area contributed by atoms with Crippen molar-refractivity contribution >= 4 is 11.9 Å². The summed E-state index contributed by atoms with van der Waals surface area (Å²) in [5.41, 5.74) is 3.25. The van der Waals surface area contributed by atoms with E-state index in [1.54, 1.807) is 11.8 Å². The number of aromatic amines is 1. The molecular weight excluding hydrogens is 370 g/mol. The van der Waals surface area contributed by atoms with E-state index < -0.39 is 5.97 Å². The molecule has 1 amide bonds. The van der Waals surface area contributed by atoms with Crippen molar-refractivity contribution in [2.75, 3.05) is 6.54 Å². The summed E-state index contributed by atoms with van der Waals surface area (Å²) in [5.74, 6) is -0.567. The van der Waals surface area contributed by atoms with Gasteiger partial charge in [-0.1, -0.05) is 30.3 Å². The molecule has 29 heavy (non-hydrogen) atoms. The van der Waals surface area contributed by atoms with Crippen LogP contribution < -0.4 is 0 Å². The Morgan fingerprint density at radius 1 is 1.24 bits per heavy atom. The summed E-state index contributed by atoms with van der Waals surface area (Å²) in [7, 11) is 0. The molecule has 3 aromatic rings. The standard InChI is InChI=1S/C21H23N5O3/c1-14-22-12-17(23-14)20(27)25-11-9-18-16(13-25)19(21(28)29)24-26(18)10-5-8-15-6-3-2-4-7-15/h2-4,6-7,12H,5,8-11,13H2,1H3,(H,22,23)(H,28,29). The molecule has 0 saturated carbocycles. The second kappa shape index (κ2) is 7.90. The molecule has 0 atom stereocenters. The lowest BCUT2D eigenvalue weighted by Gasteiger charge is -2.27. The van der Waals surface area contributed by atoms with Crippen molar-refractivity contribution in [3.63, 3.8) is 0 Å². The minimum Gasteiger partial charge on any atom is -0.476 e. The fourth-order valence-electron chi connectivity index (χ4n) is 3.80. The Morgan fingerprint density at radius 3 is 2.72 bits per heavy atom. The number of rotatable bonds is 6. The van der Waals surface area contributed by atoms with Gasteiger partial charge in [0.2, 0.25) is 0 Å². The minimum atomic E-state index is -1.06. The zero-order chi connectivity index (χ0) is 20.4. The molecule has 0 radical (unpaired) electrons. The lowest BCUT2D eigenvalue weighted by atomic mass is 10.0. The van der Waals surface area contributed by atoms with Crippen LogP contribution in [0.3, 0.4) is 0 Å². The Morgan fingerprint density at radius 2 is 2.03 bits per heavy atom. The van der Waals surface area contributed by atoms with Crippen molar-refractivity contribution < 1.29 is 14.7 Å². The summed E-state index contributed by atoms with van der Waals surface area (Å²) in [6, 6.07) is 10.2. The fourth-order valence-corrected chi connectivity index (χ4v) is 3.80. The number of aryl methyl sites for hydroxylation is 3. The zero-order valence-corrected chi connectivity index (χ0v) is 16.3. The highest BCUT2D eigenvalue weighted by Gasteiger charge is 2.30. The largest absolute Gasteiger partial charge is 0.476 e. The second-order valence-electron chi connectivity index (χ2n) is 7.25. The normalized spacial score (nSPS) is 13.3. The zero-order valence-electron chi connectivity index (χ0n) is 16.3. The van der Waals surface area contributed by atoms with Crippen LogP contribution in [-0.4, -0.2) is 48.2 Å². The molecule has 1 aromatic carbocycles. The first-order chi connectivity index (χ1) is 14.0. The number of benzene rings is 1. The number of H-pyrrole nitrogens is 1. The summed E-state index contributed by atoms with van der Waals surface area (Å²) in [5, 5.41) is 14.0. The van der Waals surface area contributed by atoms with E-state index in [1.807, 2.05) is 22.9 Å². The van der Waals surface area contributed by atoms with Gasteiger partial charge in [-0.15, -0.1) is 0 Å². The van der Waals surface area contributed by atoms with E-state index in [-0.39, 0.29) is 18.1 Å². The molecular formula is C21H23N5O3. The predicted molar refractivity (Wildman–Crippen MR) is 106 cm³/mol. The van der Waals surface area contributed by atoms with Crippen molar-refractivity contribution in [2.45, 2.75) is 39.3 Å². The highest BCUT2D eigenvalue weighted by molar-refractivity contribution is 5.93. The molecule has 0 spiro atoms. The maximum absolute atomic E-state index is 12.7. The number of nitrogens with one attached hydrogen (secondary N) is 1. The maximum Gasteiger partial charge on any atom is 0.356 e. The van der Waals surface area contributed by atoms with Crippen LogP contribution in [0.5, 0.6) is 0 Å². The molecule has 8 nitrogen and oxygen atoms in total. The summed E-state index contributed by atoms with van der Waals surface area (Å²) < 4.78 is 1.81. The molecule has 1 aliphatic rings. The van der Waals surface area contributed by atoms with E-state index in [0.717, 1.165) is 18.5 Å². The Hall–Kier alpha value is -3.42. The number of aromatic nitrogens is 4. The SMILES string of the molecule is Cc1ncc(C(=O)N2CCc3c(c(C(=O)O)nn3CCCc3ccccc3)C2)[nH]1. The second-order valence-corrected chi connectivity index (χ2v) is 7.25. The number of carboxylic acid groups (broad SMARTS) is 1. The molecule has 3 heterocycles. The third kappa shape index (κ3) is 3.91. The molecule has 2 aromatic heterocycles. The van der Waals surface area contributed by atoms with Gasteiger partial charge in [0.15, 0.2) is 5.69 Å². The van der Waals surface area contributed by atoms with Crippen LogP contribution in [-0.2, 0) is 25.9 Å². The molecule has 0 unspecified atom stereocenters. The van der Waals surface area contributed by atoms with Crippen LogP contribution in [0.4, 0.5) is 0 Å². The van der Waals surface area contributed by atoms with Gasteiger partial charge in [0.05, 0.1) is 12.7 Å². The summed E-state index contributed by atoms with van der Waals surface area (Å²) in [4.78, 5) is 33.1. The third-order valence-corrected chi connectivity index (χ3v) is 5.24. The van der Waals surface area contributed by atoms with Gasteiger partial charge in [-0.05, 0) is 25.3 Å². The highest BCUT2D eigenvalue weighted by atomic mass is 16.4. The van der Waals surface area contributed by atoms with E-state index >= 15 is 0 Å². The average Bonchev–Trinajstić information content (AvgIpc) is 3.32. The van der Waals surface area contributed by atoms with Crippen LogP contribution in [0.25, 0.3) is 0 Å². The molecule has 1 aliphatic heterocycles. The van der Waals surface area contributed by atoms with Gasteiger partial charge in [0.1, 0.15) is 11.5 Å². The van der Waals surface area contributed by atoms with Gasteiger partial charge < -0.3 is 15.0 Å². The number of hydrogen-bond acceptors (Lipinski definition) is 4. The van der Waals surface area contributed by atoms with Gasteiger partial charge in [0, 0.05) is 30.8 Å². The topological polar surface area (TPSA) is 104 Å². The van der Waals surface area contributed by atoms with Crippen molar-refractivity contribution in [1.82, 2.24) is 24.6 Å². The average molecular weight is 393 g/mol. The van der Waals surface area contributed by atoms with Crippen LogP contribution in [0.2, 0.25) is 0 Å². The first-order valence-electron chi connectivity index (χ1n) is 9.69. The molecule has 150 valence electrons. The Bertz CT molecular complexity index is 1040. The van der Waals surface area contributed by atoms with Crippen molar-refractivity contribution in [3.8, 4) is 0 Å². The Kier molecular flexibility index (Phi) is 5.16. The van der Waals surface area contributed by atoms with Gasteiger partial charge >= 0.3 is 5.97 Å². The molecule has 2 N–H and O–H groups in total. The number of fused-ring (bicyclic) bond motifs is 1. The maximum atomic E-state index is 12.7. The van der Waals surface area contributed by atoms with Crippen LogP contribution in [0.15, 0.2) is 36.5 Å². The smallest absolute Gasteiger partial charge is 0.356 e. The molecule has 8 heteroatoms. The van der Waals surface area contributed by atoms with E-state index in [4.69, 9.17) is 0 Å². The summed E-state index contributed by atoms with van der Waals surface area (Å²) >= 11 is 0. The van der Waals surface area contributed by atoms with Crippen LogP contribution in [0.1, 0.15) is 50.0 Å². The quantitative estimate of drug-likeness (QED) is 0.669. The number of carbonyl (C=O) groups is 2. The number of carbonyl (C=O) groups excluding carboxylic acids is 1. The Balaban J connectivity index is 1.51. The van der Waals surface area contributed by atoms with E-state index in [1.165, 1.54) is 11.8 Å². The highest BCUT2D eigenvalue weighted by Crippen LogP contribution is 2.24. The van der Waals surface area contributed by atoms with E-state index in [0.29, 0.717) is 36.6 Å². The number of amides is 1. The predicted octanol–water partition coefficient (Wildman–Crippen LogP) is 2.44. The number of imidazole rings is 1. The van der Waals surface area contributed by atoms with Crippen molar-refractivity contribution in [1.29, 1.82) is 0 Å². The number of hydrogen-bond donors (Lipinski definition) is 2. The Labute approximate surface area is 168 Å². The van der Waals surface area contributed by atoms with Gasteiger partial charge in [0.25, 0.3) is 5.91 Å². The minimum absolute atomic E-state index is 0.0398. The first-order valence-corrected chi connectivity index (χ1v) is 9.69. The number of nitrogens with zero attached hydrogens (tertiary/aromatic N) is 4. The third-order valence-electron chi connectivity index (χ3n) is 5.24. The monoisotopic (exact) mass is 393 g/mol. The van der Waals surface area contributed by atoms with Crippen molar-refractivity contribution in [3.05, 3.63) is 70.6 Å².